The molecule has 0 radical (unpaired) electrons. The Kier molecular flexibility index (Phi) is 5.67. The van der Waals surface area contributed by atoms with Gasteiger partial charge in [0.2, 0.25) is 5.91 Å². The second-order valence-electron chi connectivity index (χ2n) is 4.94. The maximum Gasteiger partial charge on any atom is 0.226 e. The lowest BCUT2D eigenvalue weighted by Gasteiger charge is -2.09. The molecule has 5 heteroatoms. The number of amides is 1. The minimum Gasteiger partial charge on any atom is -0.495 e. The summed E-state index contributed by atoms with van der Waals surface area (Å²) in [6, 6.07) is 13.2. The van der Waals surface area contributed by atoms with E-state index in [1.807, 2.05) is 31.2 Å². The predicted molar refractivity (Wildman–Crippen MR) is 90.9 cm³/mol. The number of carbonyl (C=O) groups is 1. The van der Waals surface area contributed by atoms with E-state index in [0.29, 0.717) is 29.4 Å². The number of benzene rings is 2. The molecule has 0 fully saturated rings. The summed E-state index contributed by atoms with van der Waals surface area (Å²) < 4.78 is 5.07. The first-order chi connectivity index (χ1) is 10.6. The number of anilines is 2. The maximum atomic E-state index is 11.9. The quantitative estimate of drug-likeness (QED) is 0.843. The fourth-order valence-electron chi connectivity index (χ4n) is 1.96. The molecule has 0 aliphatic rings. The Balaban J connectivity index is 1.80. The van der Waals surface area contributed by atoms with Crippen LogP contribution in [0.4, 0.5) is 11.4 Å². The normalized spacial score (nSPS) is 10.1. The molecule has 2 N–H and O–H groups in total. The highest BCUT2D eigenvalue weighted by atomic mass is 35.5. The summed E-state index contributed by atoms with van der Waals surface area (Å²) in [5.74, 6) is 0.515. The molecule has 0 atom stereocenters. The molecule has 2 aromatic carbocycles. The molecule has 4 nitrogen and oxygen atoms in total. The van der Waals surface area contributed by atoms with E-state index in [1.165, 1.54) is 5.56 Å². The van der Waals surface area contributed by atoms with Crippen molar-refractivity contribution >= 4 is 28.9 Å². The van der Waals surface area contributed by atoms with Gasteiger partial charge in [-0.05, 0) is 37.3 Å². The van der Waals surface area contributed by atoms with Crippen LogP contribution < -0.4 is 15.4 Å². The highest BCUT2D eigenvalue weighted by Crippen LogP contribution is 2.27. The summed E-state index contributed by atoms with van der Waals surface area (Å²) in [5.41, 5.74) is 2.87. The van der Waals surface area contributed by atoms with Crippen LogP contribution in [0.3, 0.4) is 0 Å². The van der Waals surface area contributed by atoms with Crippen LogP contribution in [-0.4, -0.2) is 19.6 Å². The molecule has 0 saturated heterocycles. The van der Waals surface area contributed by atoms with E-state index in [-0.39, 0.29) is 5.91 Å². The zero-order valence-electron chi connectivity index (χ0n) is 12.7. The number of hydrogen-bond acceptors (Lipinski definition) is 3. The number of halogens is 1. The molecule has 0 spiro atoms. The Morgan fingerprint density at radius 3 is 2.45 bits per heavy atom. The van der Waals surface area contributed by atoms with E-state index in [1.54, 1.807) is 25.3 Å². The molecule has 0 aliphatic carbocycles. The molecule has 116 valence electrons. The zero-order chi connectivity index (χ0) is 15.9. The monoisotopic (exact) mass is 318 g/mol. The first kappa shape index (κ1) is 16.2. The van der Waals surface area contributed by atoms with E-state index in [2.05, 4.69) is 10.6 Å². The van der Waals surface area contributed by atoms with Crippen molar-refractivity contribution in [3.63, 3.8) is 0 Å². The largest absolute Gasteiger partial charge is 0.495 e. The van der Waals surface area contributed by atoms with E-state index in [0.717, 1.165) is 5.69 Å². The molecule has 0 saturated carbocycles. The zero-order valence-corrected chi connectivity index (χ0v) is 13.4. The molecule has 0 heterocycles. The number of nitrogens with one attached hydrogen (secondary N) is 2. The third-order valence-electron chi connectivity index (χ3n) is 3.17. The van der Waals surface area contributed by atoms with Gasteiger partial charge in [-0.15, -0.1) is 0 Å². The number of ether oxygens (including phenoxy) is 1. The number of hydrogen-bond donors (Lipinski definition) is 2. The van der Waals surface area contributed by atoms with Crippen LogP contribution in [-0.2, 0) is 4.79 Å². The van der Waals surface area contributed by atoms with Gasteiger partial charge in [-0.2, -0.15) is 0 Å². The molecule has 0 aromatic heterocycles. The van der Waals surface area contributed by atoms with E-state index < -0.39 is 0 Å². The minimum atomic E-state index is -0.0687. The van der Waals surface area contributed by atoms with Gasteiger partial charge in [-0.1, -0.05) is 29.3 Å². The molecule has 2 aromatic rings. The van der Waals surface area contributed by atoms with Crippen molar-refractivity contribution in [1.29, 1.82) is 0 Å². The van der Waals surface area contributed by atoms with Crippen LogP contribution in [0.5, 0.6) is 5.75 Å². The third-order valence-corrected chi connectivity index (χ3v) is 3.46. The van der Waals surface area contributed by atoms with Crippen LogP contribution in [0.2, 0.25) is 5.02 Å². The van der Waals surface area contributed by atoms with Crippen molar-refractivity contribution < 1.29 is 9.53 Å². The highest BCUT2D eigenvalue weighted by molar-refractivity contribution is 6.32. The average Bonchev–Trinajstić information content (AvgIpc) is 2.49. The van der Waals surface area contributed by atoms with Crippen LogP contribution >= 0.6 is 11.6 Å². The Labute approximate surface area is 135 Å². The first-order valence-electron chi connectivity index (χ1n) is 7.02. The van der Waals surface area contributed by atoms with Gasteiger partial charge in [0.05, 0.1) is 12.1 Å². The number of rotatable bonds is 6. The van der Waals surface area contributed by atoms with Gasteiger partial charge in [0.25, 0.3) is 0 Å². The summed E-state index contributed by atoms with van der Waals surface area (Å²) in [5, 5.41) is 6.49. The highest BCUT2D eigenvalue weighted by Gasteiger charge is 2.05. The second kappa shape index (κ2) is 7.71. The molecule has 2 rings (SSSR count). The second-order valence-corrected chi connectivity index (χ2v) is 5.35. The van der Waals surface area contributed by atoms with Gasteiger partial charge in [0.1, 0.15) is 5.75 Å². The Morgan fingerprint density at radius 1 is 1.14 bits per heavy atom. The van der Waals surface area contributed by atoms with Crippen molar-refractivity contribution in [2.75, 3.05) is 24.3 Å². The van der Waals surface area contributed by atoms with Gasteiger partial charge in [0.15, 0.2) is 0 Å². The molecular weight excluding hydrogens is 300 g/mol. The number of aryl methyl sites for hydroxylation is 1. The first-order valence-corrected chi connectivity index (χ1v) is 7.40. The van der Waals surface area contributed by atoms with Crippen molar-refractivity contribution in [1.82, 2.24) is 0 Å². The molecular formula is C17H19ClN2O2. The van der Waals surface area contributed by atoms with Gasteiger partial charge >= 0.3 is 0 Å². The average molecular weight is 319 g/mol. The molecule has 0 unspecified atom stereocenters. The third kappa shape index (κ3) is 4.67. The van der Waals surface area contributed by atoms with Gasteiger partial charge in [-0.3, -0.25) is 4.79 Å². The lowest BCUT2D eigenvalue weighted by atomic mass is 10.2. The lowest BCUT2D eigenvalue weighted by Crippen LogP contribution is -2.16. The van der Waals surface area contributed by atoms with Gasteiger partial charge in [-0.25, -0.2) is 0 Å². The van der Waals surface area contributed by atoms with Crippen molar-refractivity contribution in [3.8, 4) is 5.75 Å². The summed E-state index contributed by atoms with van der Waals surface area (Å²) >= 11 is 6.02. The van der Waals surface area contributed by atoms with Crippen LogP contribution in [0.1, 0.15) is 12.0 Å². The van der Waals surface area contributed by atoms with Gasteiger partial charge < -0.3 is 15.4 Å². The molecule has 1 amide bonds. The Bertz CT molecular complexity index is 642. The van der Waals surface area contributed by atoms with Gasteiger partial charge in [0, 0.05) is 24.3 Å². The topological polar surface area (TPSA) is 50.4 Å². The summed E-state index contributed by atoms with van der Waals surface area (Å²) in [6.45, 7) is 2.61. The number of methoxy groups -OCH3 is 1. The van der Waals surface area contributed by atoms with Crippen LogP contribution in [0.25, 0.3) is 0 Å². The fraction of sp³-hybridized carbons (Fsp3) is 0.235. The number of carbonyl (C=O) groups excluding carboxylic acids is 1. The smallest absolute Gasteiger partial charge is 0.226 e. The van der Waals surface area contributed by atoms with E-state index in [9.17, 15) is 4.79 Å². The summed E-state index contributed by atoms with van der Waals surface area (Å²) in [7, 11) is 1.55. The van der Waals surface area contributed by atoms with Crippen LogP contribution in [0.15, 0.2) is 42.5 Å². The minimum absolute atomic E-state index is 0.0687. The van der Waals surface area contributed by atoms with E-state index >= 15 is 0 Å². The molecule has 22 heavy (non-hydrogen) atoms. The van der Waals surface area contributed by atoms with E-state index in [4.69, 9.17) is 16.3 Å². The SMILES string of the molecule is COc1ccc(NC(=O)CCNc2ccc(C)cc2)cc1Cl. The Hall–Kier alpha value is -2.20. The Morgan fingerprint density at radius 2 is 1.82 bits per heavy atom. The fourth-order valence-corrected chi connectivity index (χ4v) is 2.22. The van der Waals surface area contributed by atoms with Crippen molar-refractivity contribution in [2.24, 2.45) is 0 Å². The molecule has 0 aliphatic heterocycles. The van der Waals surface area contributed by atoms with Crippen molar-refractivity contribution in [3.05, 3.63) is 53.1 Å². The standard InChI is InChI=1S/C17H19ClN2O2/c1-12-3-5-13(6-4-12)19-10-9-17(21)20-14-7-8-16(22-2)15(18)11-14/h3-8,11,19H,9-10H2,1-2H3,(H,20,21). The maximum absolute atomic E-state index is 11.9. The van der Waals surface area contributed by atoms with Crippen molar-refractivity contribution in [2.45, 2.75) is 13.3 Å². The molecule has 0 bridgehead atoms. The predicted octanol–water partition coefficient (Wildman–Crippen LogP) is 4.10. The summed E-state index contributed by atoms with van der Waals surface area (Å²) in [6.07, 6.45) is 0.373. The van der Waals surface area contributed by atoms with Crippen LogP contribution in [0, 0.1) is 6.92 Å². The lowest BCUT2D eigenvalue weighted by molar-refractivity contribution is -0.115. The summed E-state index contributed by atoms with van der Waals surface area (Å²) in [4.78, 5) is 11.9.